The lowest BCUT2D eigenvalue weighted by molar-refractivity contribution is 0.156. The Morgan fingerprint density at radius 3 is 3.04 bits per heavy atom. The number of halogens is 1. The third kappa shape index (κ3) is 4.62. The van der Waals surface area contributed by atoms with Crippen molar-refractivity contribution >= 4 is 29.9 Å². The lowest BCUT2D eigenvalue weighted by Crippen LogP contribution is -2.41. The molecule has 2 aliphatic heterocycles. The fourth-order valence-corrected chi connectivity index (χ4v) is 3.60. The van der Waals surface area contributed by atoms with Crippen molar-refractivity contribution in [2.45, 2.75) is 39.5 Å². The Balaban J connectivity index is 0.00000208. The summed E-state index contributed by atoms with van der Waals surface area (Å²) in [6.07, 6.45) is 6.43. The van der Waals surface area contributed by atoms with Crippen LogP contribution in [0.3, 0.4) is 0 Å². The molecular formula is C17H30IN5O. The number of hydrogen-bond donors (Lipinski definition) is 2. The molecule has 2 fully saturated rings. The number of nitrogens with one attached hydrogen (secondary N) is 2. The van der Waals surface area contributed by atoms with E-state index >= 15 is 0 Å². The largest absolute Gasteiger partial charge is 0.381 e. The third-order valence-electron chi connectivity index (χ3n) is 5.06. The molecule has 24 heavy (non-hydrogen) atoms. The summed E-state index contributed by atoms with van der Waals surface area (Å²) in [4.78, 5) is 7.26. The van der Waals surface area contributed by atoms with Gasteiger partial charge in [-0.05, 0) is 45.1 Å². The summed E-state index contributed by atoms with van der Waals surface area (Å²) in [6, 6.07) is 0. The van der Waals surface area contributed by atoms with Crippen molar-refractivity contribution in [1.29, 1.82) is 0 Å². The summed E-state index contributed by atoms with van der Waals surface area (Å²) in [5.74, 6) is 1.07. The normalized spacial score (nSPS) is 23.8. The maximum Gasteiger partial charge on any atom is 0.193 e. The first-order valence-electron chi connectivity index (χ1n) is 8.82. The van der Waals surface area contributed by atoms with Gasteiger partial charge in [0.15, 0.2) is 5.96 Å². The SMILES string of the molecule is CCNC(=NCCCc1cn[nH]c1C)N1CCC2(CCOC2)C1.I. The monoisotopic (exact) mass is 447 g/mol. The number of nitrogens with zero attached hydrogens (tertiary/aromatic N) is 3. The molecule has 0 radical (unpaired) electrons. The van der Waals surface area contributed by atoms with Gasteiger partial charge in [-0.2, -0.15) is 5.10 Å². The molecule has 3 heterocycles. The second-order valence-corrected chi connectivity index (χ2v) is 6.83. The standard InChI is InChI=1S/C17H29N5O.HI/c1-3-18-16(19-8-4-5-15-11-20-21-14(15)2)22-9-6-17(12-22)7-10-23-13-17;/h11H,3-10,12-13H2,1-2H3,(H,18,19)(H,20,21);1H. The molecule has 1 unspecified atom stereocenters. The van der Waals surface area contributed by atoms with Crippen LogP contribution in [0.15, 0.2) is 11.2 Å². The summed E-state index contributed by atoms with van der Waals surface area (Å²) in [5.41, 5.74) is 2.85. The Morgan fingerprint density at radius 2 is 2.38 bits per heavy atom. The lowest BCUT2D eigenvalue weighted by Gasteiger charge is -2.25. The van der Waals surface area contributed by atoms with Gasteiger partial charge in [0.25, 0.3) is 0 Å². The molecule has 0 aliphatic carbocycles. The van der Waals surface area contributed by atoms with Gasteiger partial charge in [0.05, 0.1) is 12.8 Å². The van der Waals surface area contributed by atoms with Crippen molar-refractivity contribution in [2.24, 2.45) is 10.4 Å². The van der Waals surface area contributed by atoms with E-state index in [4.69, 9.17) is 9.73 Å². The summed E-state index contributed by atoms with van der Waals surface area (Å²) in [7, 11) is 0. The molecule has 0 aromatic carbocycles. The topological polar surface area (TPSA) is 65.5 Å². The maximum absolute atomic E-state index is 5.63. The second-order valence-electron chi connectivity index (χ2n) is 6.83. The van der Waals surface area contributed by atoms with Gasteiger partial charge in [0.2, 0.25) is 0 Å². The van der Waals surface area contributed by atoms with E-state index in [-0.39, 0.29) is 24.0 Å². The molecule has 2 N–H and O–H groups in total. The number of hydrogen-bond acceptors (Lipinski definition) is 3. The fourth-order valence-electron chi connectivity index (χ4n) is 3.60. The van der Waals surface area contributed by atoms with E-state index in [0.29, 0.717) is 5.41 Å². The van der Waals surface area contributed by atoms with Crippen LogP contribution < -0.4 is 5.32 Å². The van der Waals surface area contributed by atoms with Crippen LogP contribution in [0.5, 0.6) is 0 Å². The van der Waals surface area contributed by atoms with Gasteiger partial charge in [-0.15, -0.1) is 24.0 Å². The number of ether oxygens (including phenoxy) is 1. The summed E-state index contributed by atoms with van der Waals surface area (Å²) >= 11 is 0. The molecule has 2 aliphatic rings. The van der Waals surface area contributed by atoms with Gasteiger partial charge in [-0.1, -0.05) is 0 Å². The van der Waals surface area contributed by atoms with Gasteiger partial charge in [0, 0.05) is 43.9 Å². The van der Waals surface area contributed by atoms with Crippen LogP contribution in [0.1, 0.15) is 37.4 Å². The Kier molecular flexibility index (Phi) is 7.34. The first-order valence-corrected chi connectivity index (χ1v) is 8.82. The Bertz CT molecular complexity index is 539. The van der Waals surface area contributed by atoms with Crippen LogP contribution >= 0.6 is 24.0 Å². The van der Waals surface area contributed by atoms with Gasteiger partial charge in [0.1, 0.15) is 0 Å². The second kappa shape index (κ2) is 9.03. The quantitative estimate of drug-likeness (QED) is 0.315. The number of likely N-dealkylation sites (tertiary alicyclic amines) is 1. The Labute approximate surface area is 161 Å². The number of rotatable bonds is 5. The van der Waals surface area contributed by atoms with E-state index in [0.717, 1.165) is 58.2 Å². The maximum atomic E-state index is 5.63. The van der Waals surface area contributed by atoms with Crippen molar-refractivity contribution in [3.63, 3.8) is 0 Å². The van der Waals surface area contributed by atoms with Crippen LogP contribution in [0.25, 0.3) is 0 Å². The van der Waals surface area contributed by atoms with Gasteiger partial charge < -0.3 is 15.0 Å². The van der Waals surface area contributed by atoms with E-state index in [2.05, 4.69) is 34.3 Å². The van der Waals surface area contributed by atoms with Crippen molar-refractivity contribution < 1.29 is 4.74 Å². The van der Waals surface area contributed by atoms with E-state index in [9.17, 15) is 0 Å². The molecule has 1 aromatic rings. The fraction of sp³-hybridized carbons (Fsp3) is 0.765. The predicted molar refractivity (Wildman–Crippen MR) is 107 cm³/mol. The van der Waals surface area contributed by atoms with Crippen molar-refractivity contribution in [1.82, 2.24) is 20.4 Å². The lowest BCUT2D eigenvalue weighted by atomic mass is 9.87. The number of guanidine groups is 1. The van der Waals surface area contributed by atoms with Crippen LogP contribution in [0.2, 0.25) is 0 Å². The average Bonchev–Trinajstić information content (AvgIpc) is 3.27. The minimum Gasteiger partial charge on any atom is -0.381 e. The van der Waals surface area contributed by atoms with E-state index < -0.39 is 0 Å². The number of aromatic nitrogens is 2. The van der Waals surface area contributed by atoms with E-state index in [1.807, 2.05) is 6.20 Å². The number of aromatic amines is 1. The zero-order valence-corrected chi connectivity index (χ0v) is 17.1. The Morgan fingerprint density at radius 1 is 1.50 bits per heavy atom. The van der Waals surface area contributed by atoms with Gasteiger partial charge >= 0.3 is 0 Å². The molecule has 0 bridgehead atoms. The minimum absolute atomic E-state index is 0. The molecular weight excluding hydrogens is 417 g/mol. The first-order chi connectivity index (χ1) is 11.2. The highest BCUT2D eigenvalue weighted by molar-refractivity contribution is 14.0. The zero-order chi connectivity index (χ0) is 16.1. The number of aryl methyl sites for hydroxylation is 2. The third-order valence-corrected chi connectivity index (χ3v) is 5.06. The predicted octanol–water partition coefficient (Wildman–Crippen LogP) is 2.35. The van der Waals surface area contributed by atoms with Crippen LogP contribution in [0, 0.1) is 12.3 Å². The highest BCUT2D eigenvalue weighted by Crippen LogP contribution is 2.38. The summed E-state index contributed by atoms with van der Waals surface area (Å²) < 4.78 is 5.63. The smallest absolute Gasteiger partial charge is 0.193 e. The van der Waals surface area contributed by atoms with Crippen molar-refractivity contribution in [2.75, 3.05) is 39.4 Å². The molecule has 136 valence electrons. The molecule has 2 saturated heterocycles. The summed E-state index contributed by atoms with van der Waals surface area (Å²) in [6.45, 7) is 9.99. The van der Waals surface area contributed by atoms with Gasteiger partial charge in [-0.3, -0.25) is 10.1 Å². The minimum atomic E-state index is 0. The van der Waals surface area contributed by atoms with Crippen LogP contribution in [-0.4, -0.2) is 60.4 Å². The van der Waals surface area contributed by atoms with E-state index in [1.54, 1.807) is 0 Å². The molecule has 3 rings (SSSR count). The molecule has 1 aromatic heterocycles. The molecule has 7 heteroatoms. The summed E-state index contributed by atoms with van der Waals surface area (Å²) in [5, 5.41) is 10.5. The molecule has 1 spiro atoms. The Hall–Kier alpha value is -0.830. The van der Waals surface area contributed by atoms with Gasteiger partial charge in [-0.25, -0.2) is 0 Å². The first kappa shape index (κ1) is 19.5. The van der Waals surface area contributed by atoms with E-state index in [1.165, 1.54) is 24.1 Å². The van der Waals surface area contributed by atoms with Crippen molar-refractivity contribution in [3.8, 4) is 0 Å². The van der Waals surface area contributed by atoms with Crippen molar-refractivity contribution in [3.05, 3.63) is 17.5 Å². The molecule has 6 nitrogen and oxygen atoms in total. The zero-order valence-electron chi connectivity index (χ0n) is 14.8. The average molecular weight is 447 g/mol. The number of aliphatic imine (C=N–C) groups is 1. The highest BCUT2D eigenvalue weighted by Gasteiger charge is 2.42. The van der Waals surface area contributed by atoms with Crippen LogP contribution in [-0.2, 0) is 11.2 Å². The highest BCUT2D eigenvalue weighted by atomic mass is 127. The van der Waals surface area contributed by atoms with Crippen LogP contribution in [0.4, 0.5) is 0 Å². The molecule has 0 amide bonds. The molecule has 1 atom stereocenters. The number of H-pyrrole nitrogens is 1. The molecule has 0 saturated carbocycles.